The van der Waals surface area contributed by atoms with E-state index < -0.39 is 30.4 Å². The normalized spacial score (nSPS) is 25.5. The third-order valence-corrected chi connectivity index (χ3v) is 6.02. The third-order valence-electron chi connectivity index (χ3n) is 6.02. The second-order valence-electron chi connectivity index (χ2n) is 8.82. The SMILES string of the molecule is N[C@@H]1C[C@H](N)[C@@H](OCCCc2cn(CCCCCn3cc(CCCO)nn3)nn2)[C@H](O)[C@H]1O. The smallest absolute Gasteiger partial charge is 0.109 e. The number of aryl methyl sites for hydroxylation is 4. The number of aromatic nitrogens is 6. The molecule has 0 aromatic carbocycles. The molecule has 0 radical (unpaired) electrons. The van der Waals surface area contributed by atoms with Crippen LogP contribution in [0, 0.1) is 0 Å². The monoisotopic (exact) mass is 466 g/mol. The maximum absolute atomic E-state index is 10.1. The number of hydrogen-bond acceptors (Lipinski definition) is 10. The van der Waals surface area contributed by atoms with Gasteiger partial charge in [0.2, 0.25) is 0 Å². The molecule has 33 heavy (non-hydrogen) atoms. The van der Waals surface area contributed by atoms with Crippen LogP contribution in [-0.2, 0) is 30.7 Å². The van der Waals surface area contributed by atoms with Gasteiger partial charge in [-0.05, 0) is 51.4 Å². The summed E-state index contributed by atoms with van der Waals surface area (Å²) in [5.41, 5.74) is 13.6. The van der Waals surface area contributed by atoms with Gasteiger partial charge in [-0.25, -0.2) is 0 Å². The Labute approximate surface area is 193 Å². The molecule has 0 saturated heterocycles. The lowest BCUT2D eigenvalue weighted by atomic mass is 9.85. The molecule has 0 aliphatic heterocycles. The third kappa shape index (κ3) is 7.80. The van der Waals surface area contributed by atoms with Crippen LogP contribution < -0.4 is 11.5 Å². The van der Waals surface area contributed by atoms with E-state index in [9.17, 15) is 10.2 Å². The lowest BCUT2D eigenvalue weighted by Crippen LogP contribution is -2.62. The summed E-state index contributed by atoms with van der Waals surface area (Å²) in [6.45, 7) is 2.22. The molecule has 0 spiro atoms. The molecule has 2 aromatic rings. The van der Waals surface area contributed by atoms with Crippen LogP contribution in [-0.4, -0.2) is 88.9 Å². The summed E-state index contributed by atoms with van der Waals surface area (Å²) in [5, 5.41) is 45.6. The maximum Gasteiger partial charge on any atom is 0.109 e. The molecule has 7 N–H and O–H groups in total. The molecule has 1 saturated carbocycles. The standard InChI is InChI=1S/C21H38N8O4/c22-17-12-18(23)21(20(32)19(17)31)33-11-5-7-16-14-29(27-25-16)9-3-1-2-8-28-13-15(24-26-28)6-4-10-30/h13-14,17-21,30-32H,1-12,22-23H2/t17-,18+,19+,20-,21-/m1/s1. The van der Waals surface area contributed by atoms with Crippen molar-refractivity contribution in [3.8, 4) is 0 Å². The first-order valence-corrected chi connectivity index (χ1v) is 11.9. The van der Waals surface area contributed by atoms with Gasteiger partial charge in [0.1, 0.15) is 12.2 Å². The van der Waals surface area contributed by atoms with E-state index in [0.717, 1.165) is 56.6 Å². The van der Waals surface area contributed by atoms with Crippen LogP contribution in [0.4, 0.5) is 0 Å². The highest BCUT2D eigenvalue weighted by atomic mass is 16.5. The van der Waals surface area contributed by atoms with Crippen molar-refractivity contribution in [3.63, 3.8) is 0 Å². The second kappa shape index (κ2) is 13.1. The van der Waals surface area contributed by atoms with Crippen LogP contribution in [0.1, 0.15) is 49.9 Å². The molecule has 0 bridgehead atoms. The molecule has 12 nitrogen and oxygen atoms in total. The Morgan fingerprint density at radius 1 is 0.848 bits per heavy atom. The van der Waals surface area contributed by atoms with E-state index in [1.165, 1.54) is 0 Å². The van der Waals surface area contributed by atoms with Crippen molar-refractivity contribution in [1.29, 1.82) is 0 Å². The Kier molecular flexibility index (Phi) is 10.2. The summed E-state index contributed by atoms with van der Waals surface area (Å²) in [6, 6.07) is -0.917. The molecule has 0 unspecified atom stereocenters. The largest absolute Gasteiger partial charge is 0.396 e. The summed E-state index contributed by atoms with van der Waals surface area (Å²) in [7, 11) is 0. The molecule has 1 aliphatic carbocycles. The molecular formula is C21H38N8O4. The van der Waals surface area contributed by atoms with Crippen molar-refractivity contribution in [1.82, 2.24) is 30.0 Å². The highest BCUT2D eigenvalue weighted by Crippen LogP contribution is 2.21. The van der Waals surface area contributed by atoms with Crippen molar-refractivity contribution < 1.29 is 20.1 Å². The Hall–Kier alpha value is -1.96. The van der Waals surface area contributed by atoms with E-state index in [1.807, 2.05) is 21.8 Å². The Bertz CT molecular complexity index is 816. The summed E-state index contributed by atoms with van der Waals surface area (Å²) in [4.78, 5) is 0. The van der Waals surface area contributed by atoms with Crippen LogP contribution >= 0.6 is 0 Å². The van der Waals surface area contributed by atoms with Crippen LogP contribution in [0.2, 0.25) is 0 Å². The number of aliphatic hydroxyl groups excluding tert-OH is 3. The van der Waals surface area contributed by atoms with Gasteiger partial charge in [0.25, 0.3) is 0 Å². The van der Waals surface area contributed by atoms with Crippen molar-refractivity contribution in [2.24, 2.45) is 11.5 Å². The molecular weight excluding hydrogens is 428 g/mol. The predicted molar refractivity (Wildman–Crippen MR) is 120 cm³/mol. The van der Waals surface area contributed by atoms with E-state index >= 15 is 0 Å². The zero-order valence-electron chi connectivity index (χ0n) is 19.1. The van der Waals surface area contributed by atoms with Gasteiger partial charge in [0.05, 0.1) is 17.5 Å². The van der Waals surface area contributed by atoms with Gasteiger partial charge in [-0.15, -0.1) is 10.2 Å². The first-order chi connectivity index (χ1) is 16.0. The zero-order chi connectivity index (χ0) is 23.6. The van der Waals surface area contributed by atoms with Gasteiger partial charge in [-0.3, -0.25) is 9.36 Å². The zero-order valence-corrected chi connectivity index (χ0v) is 19.1. The molecule has 186 valence electrons. The summed E-state index contributed by atoms with van der Waals surface area (Å²) in [6.07, 6.45) is 7.58. The van der Waals surface area contributed by atoms with E-state index in [-0.39, 0.29) is 6.61 Å². The average molecular weight is 467 g/mol. The van der Waals surface area contributed by atoms with Gasteiger partial charge < -0.3 is 31.5 Å². The van der Waals surface area contributed by atoms with Crippen molar-refractivity contribution in [2.45, 2.75) is 94.9 Å². The fourth-order valence-electron chi connectivity index (χ4n) is 4.09. The van der Waals surface area contributed by atoms with E-state index in [0.29, 0.717) is 25.9 Å². The average Bonchev–Trinajstić information content (AvgIpc) is 3.45. The van der Waals surface area contributed by atoms with E-state index in [2.05, 4.69) is 20.6 Å². The fourth-order valence-corrected chi connectivity index (χ4v) is 4.09. The number of ether oxygens (including phenoxy) is 1. The number of nitrogens with zero attached hydrogens (tertiary/aromatic N) is 6. The molecule has 3 rings (SSSR count). The van der Waals surface area contributed by atoms with E-state index in [1.54, 1.807) is 0 Å². The fraction of sp³-hybridized carbons (Fsp3) is 0.810. The Balaban J connectivity index is 1.27. The molecule has 2 heterocycles. The van der Waals surface area contributed by atoms with Gasteiger partial charge in [0, 0.05) is 50.8 Å². The summed E-state index contributed by atoms with van der Waals surface area (Å²) >= 11 is 0. The first kappa shape index (κ1) is 25.7. The molecule has 5 atom stereocenters. The van der Waals surface area contributed by atoms with Crippen molar-refractivity contribution in [2.75, 3.05) is 13.2 Å². The molecule has 2 aromatic heterocycles. The Morgan fingerprint density at radius 2 is 1.45 bits per heavy atom. The highest BCUT2D eigenvalue weighted by molar-refractivity contribution is 4.98. The number of rotatable bonds is 14. The molecule has 1 aliphatic rings. The number of unbranched alkanes of at least 4 members (excludes halogenated alkanes) is 2. The predicted octanol–water partition coefficient (Wildman–Crippen LogP) is -1.24. The van der Waals surface area contributed by atoms with Crippen LogP contribution in [0.3, 0.4) is 0 Å². The lowest BCUT2D eigenvalue weighted by molar-refractivity contribution is -0.127. The van der Waals surface area contributed by atoms with Crippen molar-refractivity contribution in [3.05, 3.63) is 23.8 Å². The highest BCUT2D eigenvalue weighted by Gasteiger charge is 2.41. The number of aliphatic hydroxyl groups is 3. The Morgan fingerprint density at radius 3 is 2.06 bits per heavy atom. The summed E-state index contributed by atoms with van der Waals surface area (Å²) < 4.78 is 9.45. The minimum absolute atomic E-state index is 0.171. The van der Waals surface area contributed by atoms with E-state index in [4.69, 9.17) is 21.3 Å². The molecule has 12 heteroatoms. The molecule has 0 amide bonds. The molecule has 1 fully saturated rings. The van der Waals surface area contributed by atoms with Gasteiger partial charge in [-0.1, -0.05) is 10.4 Å². The second-order valence-corrected chi connectivity index (χ2v) is 8.82. The van der Waals surface area contributed by atoms with Crippen LogP contribution in [0.25, 0.3) is 0 Å². The minimum atomic E-state index is -1.07. The lowest BCUT2D eigenvalue weighted by Gasteiger charge is -2.39. The number of hydrogen-bond donors (Lipinski definition) is 5. The van der Waals surface area contributed by atoms with Gasteiger partial charge in [0.15, 0.2) is 0 Å². The van der Waals surface area contributed by atoms with Crippen LogP contribution in [0.5, 0.6) is 0 Å². The van der Waals surface area contributed by atoms with Crippen LogP contribution in [0.15, 0.2) is 12.4 Å². The quantitative estimate of drug-likeness (QED) is 0.211. The van der Waals surface area contributed by atoms with Gasteiger partial charge in [-0.2, -0.15) is 0 Å². The topological polar surface area (TPSA) is 183 Å². The summed E-state index contributed by atoms with van der Waals surface area (Å²) in [5.74, 6) is 0. The van der Waals surface area contributed by atoms with Crippen molar-refractivity contribution >= 4 is 0 Å². The minimum Gasteiger partial charge on any atom is -0.396 e. The van der Waals surface area contributed by atoms with Gasteiger partial charge >= 0.3 is 0 Å². The number of nitrogens with two attached hydrogens (primary N) is 2. The first-order valence-electron chi connectivity index (χ1n) is 11.9. The maximum atomic E-state index is 10.1.